The molecule has 1 atom stereocenters. The quantitative estimate of drug-likeness (QED) is 0.825. The van der Waals surface area contributed by atoms with Gasteiger partial charge in [0.05, 0.1) is 5.92 Å². The molecular formula is C15H15NO3. The number of fused-ring (bicyclic) bond motifs is 3. The molecule has 1 heterocycles. The lowest BCUT2D eigenvalue weighted by molar-refractivity contribution is -0.141. The number of benzene rings is 1. The molecule has 1 aromatic carbocycles. The maximum absolute atomic E-state index is 12.2. The van der Waals surface area contributed by atoms with E-state index >= 15 is 0 Å². The third-order valence-electron chi connectivity index (χ3n) is 3.84. The van der Waals surface area contributed by atoms with Crippen LogP contribution < -0.4 is 0 Å². The average Bonchev–Trinajstić information content (AvgIpc) is 2.68. The first-order chi connectivity index (χ1) is 8.97. The van der Waals surface area contributed by atoms with E-state index in [4.69, 9.17) is 5.11 Å². The Morgan fingerprint density at radius 2 is 2.05 bits per heavy atom. The molecule has 1 aliphatic carbocycles. The van der Waals surface area contributed by atoms with Gasteiger partial charge in [-0.2, -0.15) is 0 Å². The zero-order valence-corrected chi connectivity index (χ0v) is 10.9. The van der Waals surface area contributed by atoms with Crippen molar-refractivity contribution in [3.8, 4) is 0 Å². The number of Topliss-reactive ketones (excluding diaryl/α,β-unsaturated/α-hetero) is 1. The van der Waals surface area contributed by atoms with Gasteiger partial charge in [-0.3, -0.25) is 9.59 Å². The number of carbonyl (C=O) groups excluding carboxylic acids is 1. The molecule has 2 N–H and O–H groups in total. The zero-order chi connectivity index (χ0) is 13.7. The van der Waals surface area contributed by atoms with E-state index in [1.807, 2.05) is 19.9 Å². The molecule has 0 saturated heterocycles. The Morgan fingerprint density at radius 1 is 1.32 bits per heavy atom. The Bertz CT molecular complexity index is 712. The van der Waals surface area contributed by atoms with Crippen LogP contribution >= 0.6 is 0 Å². The third-order valence-corrected chi connectivity index (χ3v) is 3.84. The lowest BCUT2D eigenvalue weighted by atomic mass is 9.85. The van der Waals surface area contributed by atoms with E-state index in [2.05, 4.69) is 11.1 Å². The van der Waals surface area contributed by atoms with Gasteiger partial charge in [0.15, 0.2) is 5.78 Å². The minimum absolute atomic E-state index is 0.0649. The molecule has 0 amide bonds. The third kappa shape index (κ3) is 1.75. The number of hydrogen-bond donors (Lipinski definition) is 2. The summed E-state index contributed by atoms with van der Waals surface area (Å²) in [5, 5.41) is 10.0. The Labute approximate surface area is 110 Å². The molecule has 0 bridgehead atoms. The average molecular weight is 257 g/mol. The van der Waals surface area contributed by atoms with Crippen LogP contribution in [0.15, 0.2) is 12.1 Å². The molecule has 0 saturated carbocycles. The summed E-state index contributed by atoms with van der Waals surface area (Å²) >= 11 is 0. The van der Waals surface area contributed by atoms with Gasteiger partial charge in [-0.25, -0.2) is 0 Å². The summed E-state index contributed by atoms with van der Waals surface area (Å²) in [6.07, 6.45) is 0.506. The number of aromatic nitrogens is 1. The van der Waals surface area contributed by atoms with Crippen LogP contribution in [0.5, 0.6) is 0 Å². The summed E-state index contributed by atoms with van der Waals surface area (Å²) in [7, 11) is 0. The molecule has 1 aromatic heterocycles. The number of nitrogens with one attached hydrogen (secondary N) is 1. The summed E-state index contributed by atoms with van der Waals surface area (Å²) in [5.41, 5.74) is 4.62. The number of aromatic amines is 1. The van der Waals surface area contributed by atoms with Crippen molar-refractivity contribution in [1.29, 1.82) is 0 Å². The summed E-state index contributed by atoms with van der Waals surface area (Å²) < 4.78 is 0. The Hall–Kier alpha value is -2.10. The Balaban J connectivity index is 2.24. The summed E-state index contributed by atoms with van der Waals surface area (Å²) in [4.78, 5) is 26.5. The molecule has 1 aliphatic rings. The molecule has 4 nitrogen and oxygen atoms in total. The van der Waals surface area contributed by atoms with Crippen molar-refractivity contribution in [2.75, 3.05) is 0 Å². The minimum atomic E-state index is -0.898. The second-order valence-electron chi connectivity index (χ2n) is 5.35. The van der Waals surface area contributed by atoms with Crippen LogP contribution in [0.1, 0.15) is 33.6 Å². The first-order valence-electron chi connectivity index (χ1n) is 6.35. The maximum atomic E-state index is 12.2. The number of hydrogen-bond acceptors (Lipinski definition) is 2. The smallest absolute Gasteiger partial charge is 0.307 e. The lowest BCUT2D eigenvalue weighted by Crippen LogP contribution is -2.25. The van der Waals surface area contributed by atoms with Crippen molar-refractivity contribution in [2.45, 2.75) is 26.7 Å². The van der Waals surface area contributed by atoms with Gasteiger partial charge in [0.25, 0.3) is 0 Å². The fourth-order valence-electron chi connectivity index (χ4n) is 3.00. The van der Waals surface area contributed by atoms with Gasteiger partial charge < -0.3 is 10.1 Å². The summed E-state index contributed by atoms with van der Waals surface area (Å²) in [6.45, 7) is 4.00. The van der Waals surface area contributed by atoms with Gasteiger partial charge in [0, 0.05) is 35.0 Å². The van der Waals surface area contributed by atoms with Crippen molar-refractivity contribution >= 4 is 22.7 Å². The molecule has 19 heavy (non-hydrogen) atoms. The van der Waals surface area contributed by atoms with Crippen LogP contribution in [0, 0.1) is 19.8 Å². The molecule has 2 aromatic rings. The molecule has 3 rings (SSSR count). The highest BCUT2D eigenvalue weighted by molar-refractivity contribution is 6.11. The number of ketones is 1. The van der Waals surface area contributed by atoms with Crippen molar-refractivity contribution in [3.05, 3.63) is 34.5 Å². The van der Waals surface area contributed by atoms with E-state index in [1.54, 1.807) is 0 Å². The van der Waals surface area contributed by atoms with E-state index < -0.39 is 11.9 Å². The number of carbonyl (C=O) groups is 2. The molecule has 0 spiro atoms. The van der Waals surface area contributed by atoms with Crippen LogP contribution in [0.25, 0.3) is 10.9 Å². The normalized spacial score (nSPS) is 18.6. The predicted octanol–water partition coefficient (Wildman–Crippen LogP) is 2.61. The molecular weight excluding hydrogens is 242 g/mol. The van der Waals surface area contributed by atoms with Crippen molar-refractivity contribution < 1.29 is 14.7 Å². The van der Waals surface area contributed by atoms with E-state index in [1.165, 1.54) is 0 Å². The summed E-state index contributed by atoms with van der Waals surface area (Å²) in [5.74, 6) is -1.56. The fourth-order valence-corrected chi connectivity index (χ4v) is 3.00. The van der Waals surface area contributed by atoms with Gasteiger partial charge in [0.2, 0.25) is 0 Å². The van der Waals surface area contributed by atoms with Crippen molar-refractivity contribution in [3.63, 3.8) is 0 Å². The number of carboxylic acid groups (broad SMARTS) is 1. The van der Waals surface area contributed by atoms with E-state index in [9.17, 15) is 9.59 Å². The second-order valence-corrected chi connectivity index (χ2v) is 5.35. The number of rotatable bonds is 1. The Kier molecular flexibility index (Phi) is 2.49. The monoisotopic (exact) mass is 257 g/mol. The largest absolute Gasteiger partial charge is 0.481 e. The fraction of sp³-hybridized carbons (Fsp3) is 0.333. The lowest BCUT2D eigenvalue weighted by Gasteiger charge is -2.17. The van der Waals surface area contributed by atoms with Crippen LogP contribution in [-0.4, -0.2) is 21.8 Å². The van der Waals surface area contributed by atoms with Gasteiger partial charge >= 0.3 is 5.97 Å². The highest BCUT2D eigenvalue weighted by atomic mass is 16.4. The van der Waals surface area contributed by atoms with Gasteiger partial charge in [-0.05, 0) is 25.5 Å². The van der Waals surface area contributed by atoms with Crippen LogP contribution in [0.3, 0.4) is 0 Å². The van der Waals surface area contributed by atoms with Crippen molar-refractivity contribution in [2.24, 2.45) is 5.92 Å². The van der Waals surface area contributed by atoms with E-state index in [0.717, 1.165) is 27.7 Å². The maximum Gasteiger partial charge on any atom is 0.307 e. The minimum Gasteiger partial charge on any atom is -0.481 e. The standard InChI is InChI=1S/C15H15NO3/c1-7-3-8(2)14-10(4-7)13-11(16-14)5-9(15(18)19)6-12(13)17/h3-4,9,16H,5-6H2,1-2H3,(H,18,19). The van der Waals surface area contributed by atoms with Crippen molar-refractivity contribution in [1.82, 2.24) is 4.98 Å². The number of H-pyrrole nitrogens is 1. The molecule has 0 radical (unpaired) electrons. The predicted molar refractivity (Wildman–Crippen MR) is 71.6 cm³/mol. The highest BCUT2D eigenvalue weighted by Crippen LogP contribution is 2.33. The topological polar surface area (TPSA) is 70.2 Å². The number of carboxylic acids is 1. The van der Waals surface area contributed by atoms with Crippen LogP contribution in [0.2, 0.25) is 0 Å². The molecule has 0 aliphatic heterocycles. The molecule has 4 heteroatoms. The SMILES string of the molecule is Cc1cc(C)c2[nH]c3c(c2c1)C(=O)CC(C(=O)O)C3. The van der Waals surface area contributed by atoms with E-state index in [-0.39, 0.29) is 12.2 Å². The zero-order valence-electron chi connectivity index (χ0n) is 10.9. The second kappa shape index (κ2) is 3.95. The molecule has 0 fully saturated rings. The van der Waals surface area contributed by atoms with Gasteiger partial charge in [-0.15, -0.1) is 0 Å². The van der Waals surface area contributed by atoms with Gasteiger partial charge in [0.1, 0.15) is 0 Å². The van der Waals surface area contributed by atoms with Crippen LogP contribution in [0.4, 0.5) is 0 Å². The van der Waals surface area contributed by atoms with Crippen LogP contribution in [-0.2, 0) is 11.2 Å². The first kappa shape index (κ1) is 12.0. The number of aliphatic carboxylic acids is 1. The highest BCUT2D eigenvalue weighted by Gasteiger charge is 2.32. The first-order valence-corrected chi connectivity index (χ1v) is 6.35. The van der Waals surface area contributed by atoms with Gasteiger partial charge in [-0.1, -0.05) is 11.6 Å². The summed E-state index contributed by atoms with van der Waals surface area (Å²) in [6, 6.07) is 4.06. The molecule has 1 unspecified atom stereocenters. The van der Waals surface area contributed by atoms with E-state index in [0.29, 0.717) is 12.0 Å². The molecule has 98 valence electrons. The number of aryl methyl sites for hydroxylation is 2. The Morgan fingerprint density at radius 3 is 2.74 bits per heavy atom.